The van der Waals surface area contributed by atoms with E-state index in [0.29, 0.717) is 12.5 Å². The van der Waals surface area contributed by atoms with Gasteiger partial charge in [-0.15, -0.1) is 11.3 Å². The first-order valence-electron chi connectivity index (χ1n) is 8.83. The Morgan fingerprint density at radius 1 is 1.28 bits per heavy atom. The van der Waals surface area contributed by atoms with Crippen LogP contribution in [0.25, 0.3) is 0 Å². The van der Waals surface area contributed by atoms with Gasteiger partial charge in [0, 0.05) is 18.1 Å². The van der Waals surface area contributed by atoms with Crippen molar-refractivity contribution < 1.29 is 9.53 Å². The molecule has 0 aliphatic carbocycles. The maximum absolute atomic E-state index is 11.6. The lowest BCUT2D eigenvalue weighted by Gasteiger charge is -2.45. The van der Waals surface area contributed by atoms with Gasteiger partial charge in [0.05, 0.1) is 6.54 Å². The zero-order valence-electron chi connectivity index (χ0n) is 14.2. The summed E-state index contributed by atoms with van der Waals surface area (Å²) < 4.78 is 6.13. The minimum Gasteiger partial charge on any atom is -0.356 e. The molecule has 2 fully saturated rings. The SMILES string of the molecule is O=C1CO[C@@](c2nccs2)(C2CCN(Cc3ccccc3)CC2)CN1. The number of carbonyl (C=O) groups excluding carboxylic acids is 1. The van der Waals surface area contributed by atoms with E-state index in [4.69, 9.17) is 4.74 Å². The van der Waals surface area contributed by atoms with Crippen LogP contribution in [0, 0.1) is 5.92 Å². The van der Waals surface area contributed by atoms with Gasteiger partial charge in [-0.2, -0.15) is 0 Å². The lowest BCUT2D eigenvalue weighted by Crippen LogP contribution is -2.56. The molecule has 1 aromatic heterocycles. The zero-order valence-corrected chi connectivity index (χ0v) is 15.0. The first-order valence-corrected chi connectivity index (χ1v) is 9.71. The number of ether oxygens (including phenoxy) is 1. The van der Waals surface area contributed by atoms with E-state index < -0.39 is 5.60 Å². The summed E-state index contributed by atoms with van der Waals surface area (Å²) in [5.74, 6) is 0.347. The van der Waals surface area contributed by atoms with Gasteiger partial charge in [-0.1, -0.05) is 30.3 Å². The van der Waals surface area contributed by atoms with Crippen molar-refractivity contribution in [2.24, 2.45) is 5.92 Å². The number of likely N-dealkylation sites (tertiary alicyclic amines) is 1. The molecule has 4 rings (SSSR count). The molecule has 0 spiro atoms. The molecule has 2 saturated heterocycles. The van der Waals surface area contributed by atoms with Crippen LogP contribution in [0.1, 0.15) is 23.4 Å². The summed E-state index contributed by atoms with van der Waals surface area (Å²) >= 11 is 1.63. The summed E-state index contributed by atoms with van der Waals surface area (Å²) in [6, 6.07) is 10.6. The first-order chi connectivity index (χ1) is 12.3. The van der Waals surface area contributed by atoms with Crippen molar-refractivity contribution in [3.8, 4) is 0 Å². The Morgan fingerprint density at radius 3 is 2.72 bits per heavy atom. The summed E-state index contributed by atoms with van der Waals surface area (Å²) in [5.41, 5.74) is 0.901. The molecule has 2 aromatic rings. The number of piperidine rings is 1. The first kappa shape index (κ1) is 16.7. The van der Waals surface area contributed by atoms with E-state index in [1.54, 1.807) is 11.3 Å². The summed E-state index contributed by atoms with van der Waals surface area (Å²) in [7, 11) is 0. The lowest BCUT2D eigenvalue weighted by molar-refractivity contribution is -0.158. The van der Waals surface area contributed by atoms with Crippen LogP contribution in [-0.2, 0) is 21.7 Å². The van der Waals surface area contributed by atoms with E-state index in [1.165, 1.54) is 5.56 Å². The van der Waals surface area contributed by atoms with Gasteiger partial charge in [-0.3, -0.25) is 9.69 Å². The molecule has 0 radical (unpaired) electrons. The number of carbonyl (C=O) groups is 1. The van der Waals surface area contributed by atoms with Crippen LogP contribution in [0.5, 0.6) is 0 Å². The van der Waals surface area contributed by atoms with Crippen molar-refractivity contribution in [3.63, 3.8) is 0 Å². The number of benzene rings is 1. The Hall–Kier alpha value is -1.76. The van der Waals surface area contributed by atoms with Gasteiger partial charge in [0.1, 0.15) is 17.2 Å². The Morgan fingerprint density at radius 2 is 2.08 bits per heavy atom. The minimum atomic E-state index is -0.457. The van der Waals surface area contributed by atoms with Gasteiger partial charge in [-0.25, -0.2) is 4.98 Å². The second-order valence-corrected chi connectivity index (χ2v) is 7.72. The standard InChI is InChI=1S/C19H23N3O2S/c23-17-13-24-19(14-21-17,18-20-8-11-25-18)16-6-9-22(10-7-16)12-15-4-2-1-3-5-15/h1-5,8,11,16H,6-7,9-10,12-14H2,(H,21,23)/t19-/m1/s1. The molecule has 1 atom stereocenters. The van der Waals surface area contributed by atoms with Crippen LogP contribution in [0.15, 0.2) is 41.9 Å². The second kappa shape index (κ2) is 7.23. The number of rotatable bonds is 4. The predicted molar refractivity (Wildman–Crippen MR) is 97.2 cm³/mol. The third-order valence-electron chi connectivity index (χ3n) is 5.30. The predicted octanol–water partition coefficient (Wildman–Crippen LogP) is 2.40. The molecule has 0 unspecified atom stereocenters. The number of hydrogen-bond donors (Lipinski definition) is 1. The van der Waals surface area contributed by atoms with E-state index >= 15 is 0 Å². The Balaban J connectivity index is 1.45. The number of hydrogen-bond acceptors (Lipinski definition) is 5. The van der Waals surface area contributed by atoms with Crippen LogP contribution in [0.2, 0.25) is 0 Å². The topological polar surface area (TPSA) is 54.5 Å². The van der Waals surface area contributed by atoms with Gasteiger partial charge in [0.2, 0.25) is 5.91 Å². The molecule has 0 bridgehead atoms. The molecule has 3 heterocycles. The van der Waals surface area contributed by atoms with E-state index in [-0.39, 0.29) is 12.5 Å². The maximum atomic E-state index is 11.6. The van der Waals surface area contributed by atoms with Crippen molar-refractivity contribution in [1.29, 1.82) is 0 Å². The molecule has 0 saturated carbocycles. The summed E-state index contributed by atoms with van der Waals surface area (Å²) in [6.07, 6.45) is 3.94. The third-order valence-corrected chi connectivity index (χ3v) is 6.23. The molecule has 2 aliphatic heterocycles. The van der Waals surface area contributed by atoms with Crippen LogP contribution >= 0.6 is 11.3 Å². The van der Waals surface area contributed by atoms with Crippen molar-refractivity contribution >= 4 is 17.2 Å². The molecular formula is C19H23N3O2S. The highest BCUT2D eigenvalue weighted by Crippen LogP contribution is 2.41. The normalized spacial score (nSPS) is 25.7. The molecule has 1 aromatic carbocycles. The number of thiazole rings is 1. The average Bonchev–Trinajstić information content (AvgIpc) is 3.20. The lowest BCUT2D eigenvalue weighted by atomic mass is 9.79. The minimum absolute atomic E-state index is 0.0336. The highest BCUT2D eigenvalue weighted by Gasteiger charge is 2.47. The van der Waals surface area contributed by atoms with Gasteiger partial charge in [-0.05, 0) is 37.4 Å². The number of aromatic nitrogens is 1. The van der Waals surface area contributed by atoms with Crippen LogP contribution < -0.4 is 5.32 Å². The molecule has 1 N–H and O–H groups in total. The third kappa shape index (κ3) is 3.47. The van der Waals surface area contributed by atoms with Crippen LogP contribution in [-0.4, -0.2) is 42.0 Å². The second-order valence-electron chi connectivity index (χ2n) is 6.83. The molecule has 25 heavy (non-hydrogen) atoms. The monoisotopic (exact) mass is 357 g/mol. The van der Waals surface area contributed by atoms with Crippen molar-refractivity contribution in [2.75, 3.05) is 26.2 Å². The van der Waals surface area contributed by atoms with Crippen molar-refractivity contribution in [3.05, 3.63) is 52.5 Å². The molecule has 6 heteroatoms. The summed E-state index contributed by atoms with van der Waals surface area (Å²) in [6.45, 7) is 3.75. The smallest absolute Gasteiger partial charge is 0.246 e. The number of nitrogens with one attached hydrogen (secondary N) is 1. The van der Waals surface area contributed by atoms with Crippen molar-refractivity contribution in [1.82, 2.24) is 15.2 Å². The number of nitrogens with zero attached hydrogens (tertiary/aromatic N) is 2. The highest BCUT2D eigenvalue weighted by atomic mass is 32.1. The maximum Gasteiger partial charge on any atom is 0.246 e. The molecule has 5 nitrogen and oxygen atoms in total. The summed E-state index contributed by atoms with van der Waals surface area (Å²) in [4.78, 5) is 18.6. The largest absolute Gasteiger partial charge is 0.356 e. The number of morpholine rings is 1. The fourth-order valence-electron chi connectivity index (χ4n) is 3.93. The Kier molecular flexibility index (Phi) is 4.83. The van der Waals surface area contributed by atoms with E-state index in [9.17, 15) is 4.79 Å². The fraction of sp³-hybridized carbons (Fsp3) is 0.474. The van der Waals surface area contributed by atoms with Crippen LogP contribution in [0.4, 0.5) is 0 Å². The Bertz CT molecular complexity index is 687. The average molecular weight is 357 g/mol. The van der Waals surface area contributed by atoms with Crippen molar-refractivity contribution in [2.45, 2.75) is 25.0 Å². The Labute approximate surface area is 152 Å². The molecule has 132 valence electrons. The van der Waals surface area contributed by atoms with E-state index in [1.807, 2.05) is 11.6 Å². The highest BCUT2D eigenvalue weighted by molar-refractivity contribution is 7.09. The van der Waals surface area contributed by atoms with Gasteiger partial charge in [0.15, 0.2) is 0 Å². The fourth-order valence-corrected chi connectivity index (χ4v) is 4.80. The molecule has 1 amide bonds. The quantitative estimate of drug-likeness (QED) is 0.913. The van der Waals surface area contributed by atoms with Gasteiger partial charge in [0.25, 0.3) is 0 Å². The van der Waals surface area contributed by atoms with E-state index in [2.05, 4.69) is 45.5 Å². The number of amides is 1. The molecule has 2 aliphatic rings. The van der Waals surface area contributed by atoms with Gasteiger partial charge >= 0.3 is 0 Å². The van der Waals surface area contributed by atoms with Crippen LogP contribution in [0.3, 0.4) is 0 Å². The summed E-state index contributed by atoms with van der Waals surface area (Å²) in [5, 5.41) is 5.98. The zero-order chi connectivity index (χ0) is 17.1. The molecular weight excluding hydrogens is 334 g/mol. The van der Waals surface area contributed by atoms with Gasteiger partial charge < -0.3 is 10.1 Å². The van der Waals surface area contributed by atoms with E-state index in [0.717, 1.165) is 37.5 Å².